The molecule has 0 aromatic carbocycles. The van der Waals surface area contributed by atoms with E-state index >= 15 is 0 Å². The number of allylic oxidation sites excluding steroid dienone is 4. The van der Waals surface area contributed by atoms with E-state index in [1.165, 1.54) is 5.57 Å². The second-order valence-electron chi connectivity index (χ2n) is 3.36. The molecule has 0 rings (SSSR count). The van der Waals surface area contributed by atoms with E-state index in [1.54, 1.807) is 6.08 Å². The summed E-state index contributed by atoms with van der Waals surface area (Å²) in [6.45, 7) is 6.33. The Morgan fingerprint density at radius 3 is 2.58 bits per heavy atom. The Morgan fingerprint density at radius 1 is 1.42 bits per heavy atom. The summed E-state index contributed by atoms with van der Waals surface area (Å²) in [4.78, 5) is 9.99. The largest absolute Gasteiger partial charge is 0.299 e. The summed E-state index contributed by atoms with van der Waals surface area (Å²) in [6.07, 6.45) is 8.81. The molecule has 0 bridgehead atoms. The van der Waals surface area contributed by atoms with Crippen LogP contribution in [0.15, 0.2) is 23.8 Å². The Kier molecular flexibility index (Phi) is 6.35. The number of carbonyl (C=O) groups excluding carboxylic acids is 1. The van der Waals surface area contributed by atoms with Gasteiger partial charge in [-0.25, -0.2) is 0 Å². The molecule has 12 heavy (non-hydrogen) atoms. The van der Waals surface area contributed by atoms with Crippen LogP contribution in [0, 0.1) is 5.92 Å². The molecule has 1 unspecified atom stereocenters. The number of hydrogen-bond donors (Lipinski definition) is 0. The van der Waals surface area contributed by atoms with Crippen molar-refractivity contribution in [3.8, 4) is 0 Å². The van der Waals surface area contributed by atoms with E-state index in [4.69, 9.17) is 0 Å². The van der Waals surface area contributed by atoms with Gasteiger partial charge in [0.1, 0.15) is 6.29 Å². The van der Waals surface area contributed by atoms with E-state index < -0.39 is 0 Å². The molecule has 0 aliphatic carbocycles. The van der Waals surface area contributed by atoms with Crippen molar-refractivity contribution in [3.63, 3.8) is 0 Å². The summed E-state index contributed by atoms with van der Waals surface area (Å²) in [7, 11) is 0. The van der Waals surface area contributed by atoms with Gasteiger partial charge < -0.3 is 0 Å². The molecule has 0 fully saturated rings. The first-order valence-corrected chi connectivity index (χ1v) is 4.42. The molecule has 0 aromatic heterocycles. The van der Waals surface area contributed by atoms with Crippen molar-refractivity contribution in [2.24, 2.45) is 5.92 Å². The van der Waals surface area contributed by atoms with Crippen LogP contribution in [0.25, 0.3) is 0 Å². The van der Waals surface area contributed by atoms with E-state index in [1.807, 2.05) is 6.08 Å². The Balaban J connectivity index is 3.57. The van der Waals surface area contributed by atoms with Crippen LogP contribution in [-0.4, -0.2) is 6.29 Å². The van der Waals surface area contributed by atoms with Crippen molar-refractivity contribution in [2.75, 3.05) is 0 Å². The predicted octanol–water partition coefficient (Wildman–Crippen LogP) is 3.12. The van der Waals surface area contributed by atoms with Crippen molar-refractivity contribution in [1.29, 1.82) is 0 Å². The molecule has 0 spiro atoms. The lowest BCUT2D eigenvalue weighted by Gasteiger charge is -2.01. The highest BCUT2D eigenvalue weighted by Crippen LogP contribution is 2.08. The molecular weight excluding hydrogens is 148 g/mol. The molecule has 0 aromatic rings. The molecule has 0 saturated heterocycles. The summed E-state index contributed by atoms with van der Waals surface area (Å²) >= 11 is 0. The van der Waals surface area contributed by atoms with Crippen molar-refractivity contribution in [1.82, 2.24) is 0 Å². The molecule has 0 aliphatic rings. The van der Waals surface area contributed by atoms with Crippen LogP contribution >= 0.6 is 0 Å². The van der Waals surface area contributed by atoms with Crippen molar-refractivity contribution in [2.45, 2.75) is 33.6 Å². The quantitative estimate of drug-likeness (QED) is 0.348. The maximum atomic E-state index is 9.99. The summed E-state index contributed by atoms with van der Waals surface area (Å²) < 4.78 is 0. The van der Waals surface area contributed by atoms with Crippen molar-refractivity contribution >= 4 is 6.29 Å². The third kappa shape index (κ3) is 7.26. The fourth-order valence-corrected chi connectivity index (χ4v) is 0.966. The molecule has 0 saturated carbocycles. The predicted molar refractivity (Wildman–Crippen MR) is 53.0 cm³/mol. The number of aldehydes is 1. The van der Waals surface area contributed by atoms with Crippen LogP contribution in [-0.2, 0) is 4.79 Å². The van der Waals surface area contributed by atoms with Crippen LogP contribution in [0.5, 0.6) is 0 Å². The zero-order valence-electron chi connectivity index (χ0n) is 8.21. The van der Waals surface area contributed by atoms with Crippen LogP contribution in [0.3, 0.4) is 0 Å². The topological polar surface area (TPSA) is 17.1 Å². The molecule has 68 valence electrons. The highest BCUT2D eigenvalue weighted by molar-refractivity contribution is 5.64. The molecule has 0 heterocycles. The van der Waals surface area contributed by atoms with Gasteiger partial charge in [-0.1, -0.05) is 24.6 Å². The van der Waals surface area contributed by atoms with E-state index in [9.17, 15) is 4.79 Å². The summed E-state index contributed by atoms with van der Waals surface area (Å²) in [5, 5.41) is 0. The van der Waals surface area contributed by atoms with Gasteiger partial charge in [0.05, 0.1) is 0 Å². The number of carbonyl (C=O) groups is 1. The number of hydrogen-bond acceptors (Lipinski definition) is 1. The minimum absolute atomic E-state index is 0.505. The monoisotopic (exact) mass is 166 g/mol. The van der Waals surface area contributed by atoms with Gasteiger partial charge in [-0.15, -0.1) is 0 Å². The smallest absolute Gasteiger partial charge is 0.142 e. The van der Waals surface area contributed by atoms with Gasteiger partial charge in [-0.2, -0.15) is 0 Å². The molecule has 1 nitrogen and oxygen atoms in total. The Labute approximate surface area is 75.2 Å². The molecule has 0 radical (unpaired) electrons. The van der Waals surface area contributed by atoms with Crippen LogP contribution in [0.2, 0.25) is 0 Å². The lowest BCUT2D eigenvalue weighted by Crippen LogP contribution is -1.88. The van der Waals surface area contributed by atoms with Gasteiger partial charge >= 0.3 is 0 Å². The molecule has 0 amide bonds. The lowest BCUT2D eigenvalue weighted by molar-refractivity contribution is -0.104. The molecule has 0 N–H and O–H groups in total. The second-order valence-corrected chi connectivity index (χ2v) is 3.36. The summed E-state index contributed by atoms with van der Waals surface area (Å²) in [5.41, 5.74) is 1.36. The van der Waals surface area contributed by atoms with Crippen molar-refractivity contribution < 1.29 is 4.79 Å². The Bertz CT molecular complexity index is 173. The van der Waals surface area contributed by atoms with Crippen LogP contribution < -0.4 is 0 Å². The van der Waals surface area contributed by atoms with E-state index in [2.05, 4.69) is 26.8 Å². The summed E-state index contributed by atoms with van der Waals surface area (Å²) in [5.74, 6) is 0.505. The van der Waals surface area contributed by atoms with Crippen molar-refractivity contribution in [3.05, 3.63) is 23.8 Å². The van der Waals surface area contributed by atoms with Gasteiger partial charge in [0, 0.05) is 0 Å². The van der Waals surface area contributed by atoms with Crippen LogP contribution in [0.4, 0.5) is 0 Å². The van der Waals surface area contributed by atoms with E-state index in [-0.39, 0.29) is 0 Å². The minimum atomic E-state index is 0.505. The van der Waals surface area contributed by atoms with Gasteiger partial charge in [-0.05, 0) is 38.7 Å². The first kappa shape index (κ1) is 11.2. The highest BCUT2D eigenvalue weighted by atomic mass is 16.1. The first-order valence-electron chi connectivity index (χ1n) is 4.42. The molecular formula is C11H18O. The van der Waals surface area contributed by atoms with Gasteiger partial charge in [0.2, 0.25) is 0 Å². The second kappa shape index (κ2) is 6.84. The third-order valence-electron chi connectivity index (χ3n) is 1.69. The molecule has 1 heteroatoms. The Hall–Kier alpha value is -0.850. The maximum Gasteiger partial charge on any atom is 0.142 e. The van der Waals surface area contributed by atoms with E-state index in [0.29, 0.717) is 5.92 Å². The zero-order chi connectivity index (χ0) is 9.40. The lowest BCUT2D eigenvalue weighted by atomic mass is 10.0. The normalized spacial score (nSPS) is 12.9. The van der Waals surface area contributed by atoms with Gasteiger partial charge in [-0.3, -0.25) is 4.79 Å². The minimum Gasteiger partial charge on any atom is -0.299 e. The Morgan fingerprint density at radius 2 is 2.08 bits per heavy atom. The van der Waals surface area contributed by atoms with E-state index in [0.717, 1.165) is 19.1 Å². The highest BCUT2D eigenvalue weighted by Gasteiger charge is 1.93. The third-order valence-corrected chi connectivity index (χ3v) is 1.69. The van der Waals surface area contributed by atoms with Gasteiger partial charge in [0.25, 0.3) is 0 Å². The fourth-order valence-electron chi connectivity index (χ4n) is 0.966. The standard InChI is InChI=1S/C11H18O/c1-10(2)6-4-7-11(3)8-5-9-12/h5-6,8-9,11H,4,7H2,1-3H3. The summed E-state index contributed by atoms with van der Waals surface area (Å²) in [6, 6.07) is 0. The zero-order valence-corrected chi connectivity index (χ0v) is 8.21. The first-order chi connectivity index (χ1) is 5.66. The van der Waals surface area contributed by atoms with Crippen LogP contribution in [0.1, 0.15) is 33.6 Å². The molecule has 0 aliphatic heterocycles. The SMILES string of the molecule is CC(C)=CCCC(C)C=CC=O. The fraction of sp³-hybridized carbons (Fsp3) is 0.545. The molecule has 1 atom stereocenters. The maximum absolute atomic E-state index is 9.99. The van der Waals surface area contributed by atoms with Gasteiger partial charge in [0.15, 0.2) is 0 Å². The average Bonchev–Trinajstić information content (AvgIpc) is 2.00. The average molecular weight is 166 g/mol. The number of rotatable bonds is 5.